The lowest BCUT2D eigenvalue weighted by Crippen LogP contribution is -2.16. The van der Waals surface area contributed by atoms with Crippen molar-refractivity contribution in [2.24, 2.45) is 5.73 Å². The molecule has 0 unspecified atom stereocenters. The first-order valence-corrected chi connectivity index (χ1v) is 8.05. The molecule has 3 rings (SSSR count). The molecule has 8 nitrogen and oxygen atoms in total. The van der Waals surface area contributed by atoms with Gasteiger partial charge in [-0.3, -0.25) is 0 Å². The van der Waals surface area contributed by atoms with Crippen LogP contribution in [0.3, 0.4) is 0 Å². The Morgan fingerprint density at radius 2 is 1.90 bits per heavy atom. The van der Waals surface area contributed by atoms with Crippen molar-refractivity contribution in [3.8, 4) is 22.9 Å². The van der Waals surface area contributed by atoms with E-state index in [0.29, 0.717) is 30.3 Å². The zero-order chi connectivity index (χ0) is 15.0. The van der Waals surface area contributed by atoms with Crippen molar-refractivity contribution < 1.29 is 22.4 Å². The van der Waals surface area contributed by atoms with E-state index in [2.05, 4.69) is 10.1 Å². The van der Waals surface area contributed by atoms with Crippen molar-refractivity contribution >= 4 is 9.84 Å². The van der Waals surface area contributed by atoms with Crippen molar-refractivity contribution in [2.45, 2.75) is 11.4 Å². The number of benzene rings is 1. The van der Waals surface area contributed by atoms with Gasteiger partial charge in [0.2, 0.25) is 11.7 Å². The normalized spacial score (nSPS) is 14.2. The minimum absolute atomic E-state index is 0.0520. The highest BCUT2D eigenvalue weighted by atomic mass is 32.2. The maximum atomic E-state index is 12.0. The number of rotatable bonds is 3. The highest BCUT2D eigenvalue weighted by Gasteiger charge is 2.24. The molecule has 1 aliphatic heterocycles. The molecule has 0 saturated heterocycles. The topological polar surface area (TPSA) is 118 Å². The van der Waals surface area contributed by atoms with Gasteiger partial charge >= 0.3 is 0 Å². The third-order valence-corrected chi connectivity index (χ3v) is 4.06. The van der Waals surface area contributed by atoms with Crippen molar-refractivity contribution in [2.75, 3.05) is 19.5 Å². The first-order valence-electron chi connectivity index (χ1n) is 6.16. The summed E-state index contributed by atoms with van der Waals surface area (Å²) in [5.41, 5.74) is 5.71. The molecule has 0 atom stereocenters. The molecule has 1 aliphatic rings. The smallest absolute Gasteiger partial charge is 0.240 e. The van der Waals surface area contributed by atoms with E-state index in [9.17, 15) is 8.42 Å². The lowest BCUT2D eigenvalue weighted by atomic mass is 10.2. The Kier molecular flexibility index (Phi) is 3.30. The maximum absolute atomic E-state index is 12.0. The summed E-state index contributed by atoms with van der Waals surface area (Å²) < 4.78 is 39.7. The number of sulfone groups is 1. The van der Waals surface area contributed by atoms with E-state index in [1.165, 1.54) is 12.1 Å². The molecular formula is C12H13N3O5S. The van der Waals surface area contributed by atoms with Crippen LogP contribution in [0.15, 0.2) is 21.6 Å². The average Bonchev–Trinajstić information content (AvgIpc) is 2.94. The van der Waals surface area contributed by atoms with Crippen molar-refractivity contribution in [3.63, 3.8) is 0 Å². The van der Waals surface area contributed by atoms with Gasteiger partial charge in [0.15, 0.2) is 21.3 Å². The molecule has 0 radical (unpaired) electrons. The first kappa shape index (κ1) is 13.8. The highest BCUT2D eigenvalue weighted by molar-refractivity contribution is 7.90. The van der Waals surface area contributed by atoms with Gasteiger partial charge in [0.1, 0.15) is 13.2 Å². The maximum Gasteiger partial charge on any atom is 0.240 e. The number of nitrogens with two attached hydrogens (primary N) is 1. The second-order valence-corrected chi connectivity index (χ2v) is 6.46. The SMILES string of the molecule is CS(=O)(=O)c1cc2c(cc1-c1noc(CN)n1)OCCO2. The first-order chi connectivity index (χ1) is 9.99. The van der Waals surface area contributed by atoms with Crippen LogP contribution in [0.1, 0.15) is 5.89 Å². The van der Waals surface area contributed by atoms with Gasteiger partial charge < -0.3 is 19.7 Å². The van der Waals surface area contributed by atoms with Gasteiger partial charge in [0, 0.05) is 17.9 Å². The Morgan fingerprint density at radius 1 is 1.24 bits per heavy atom. The van der Waals surface area contributed by atoms with Crippen LogP contribution in [0.4, 0.5) is 0 Å². The van der Waals surface area contributed by atoms with Crippen LogP contribution in [0.5, 0.6) is 11.5 Å². The fraction of sp³-hybridized carbons (Fsp3) is 0.333. The molecule has 0 aliphatic carbocycles. The van der Waals surface area contributed by atoms with Crippen LogP contribution in [0.2, 0.25) is 0 Å². The van der Waals surface area contributed by atoms with Crippen molar-refractivity contribution in [1.82, 2.24) is 10.1 Å². The second-order valence-electron chi connectivity index (χ2n) is 4.48. The molecule has 0 fully saturated rings. The van der Waals surface area contributed by atoms with Gasteiger partial charge in [0.25, 0.3) is 0 Å². The fourth-order valence-electron chi connectivity index (χ4n) is 2.00. The summed E-state index contributed by atoms with van der Waals surface area (Å²) in [6.45, 7) is 0.839. The average molecular weight is 311 g/mol. The van der Waals surface area contributed by atoms with E-state index in [-0.39, 0.29) is 23.2 Å². The van der Waals surface area contributed by atoms with Gasteiger partial charge in [-0.25, -0.2) is 8.42 Å². The number of hydrogen-bond acceptors (Lipinski definition) is 8. The number of hydrogen-bond donors (Lipinski definition) is 1. The molecule has 112 valence electrons. The molecule has 0 saturated carbocycles. The number of aromatic nitrogens is 2. The minimum Gasteiger partial charge on any atom is -0.486 e. The molecule has 2 aromatic rings. The summed E-state index contributed by atoms with van der Waals surface area (Å²) in [5.74, 6) is 1.20. The summed E-state index contributed by atoms with van der Waals surface area (Å²) in [4.78, 5) is 4.11. The Hall–Kier alpha value is -2.13. The second kappa shape index (κ2) is 5.01. The monoisotopic (exact) mass is 311 g/mol. The van der Waals surface area contributed by atoms with Crippen LogP contribution in [0, 0.1) is 0 Å². The summed E-state index contributed by atoms with van der Waals surface area (Å²) in [6.07, 6.45) is 1.10. The Labute approximate surface area is 120 Å². The molecule has 2 N–H and O–H groups in total. The third-order valence-electron chi connectivity index (χ3n) is 2.93. The van der Waals surface area contributed by atoms with Crippen LogP contribution in [-0.2, 0) is 16.4 Å². The lowest BCUT2D eigenvalue weighted by molar-refractivity contribution is 0.171. The largest absolute Gasteiger partial charge is 0.486 e. The van der Waals surface area contributed by atoms with E-state index in [1.54, 1.807) is 0 Å². The van der Waals surface area contributed by atoms with Gasteiger partial charge in [-0.05, 0) is 6.07 Å². The van der Waals surface area contributed by atoms with Crippen LogP contribution in [-0.4, -0.2) is 38.0 Å². The molecule has 1 aromatic heterocycles. The minimum atomic E-state index is -3.50. The van der Waals surface area contributed by atoms with E-state index >= 15 is 0 Å². The molecule has 9 heteroatoms. The van der Waals surface area contributed by atoms with Crippen LogP contribution in [0.25, 0.3) is 11.4 Å². The Morgan fingerprint density at radius 3 is 2.48 bits per heavy atom. The molecule has 0 amide bonds. The summed E-state index contributed by atoms with van der Waals surface area (Å²) in [6, 6.07) is 2.95. The summed E-state index contributed by atoms with van der Waals surface area (Å²) >= 11 is 0. The zero-order valence-corrected chi connectivity index (χ0v) is 12.0. The van der Waals surface area contributed by atoms with Crippen molar-refractivity contribution in [3.05, 3.63) is 18.0 Å². The fourth-order valence-corrected chi connectivity index (χ4v) is 2.87. The predicted octanol–water partition coefficient (Wildman–Crippen LogP) is 0.370. The zero-order valence-electron chi connectivity index (χ0n) is 11.2. The van der Waals surface area contributed by atoms with Crippen LogP contribution < -0.4 is 15.2 Å². The van der Waals surface area contributed by atoms with E-state index in [0.717, 1.165) is 6.26 Å². The third kappa shape index (κ3) is 2.57. The molecule has 0 bridgehead atoms. The molecule has 0 spiro atoms. The predicted molar refractivity (Wildman–Crippen MR) is 71.7 cm³/mol. The quantitative estimate of drug-likeness (QED) is 0.863. The summed E-state index contributed by atoms with van der Waals surface area (Å²) in [5, 5.41) is 3.75. The van der Waals surface area contributed by atoms with Gasteiger partial charge in [0.05, 0.1) is 11.4 Å². The summed E-state index contributed by atoms with van der Waals surface area (Å²) in [7, 11) is -3.50. The Balaban J connectivity index is 2.21. The molecule has 21 heavy (non-hydrogen) atoms. The van der Waals surface area contributed by atoms with Crippen molar-refractivity contribution in [1.29, 1.82) is 0 Å². The van der Waals surface area contributed by atoms with Gasteiger partial charge in [-0.15, -0.1) is 0 Å². The van der Waals surface area contributed by atoms with Gasteiger partial charge in [-0.1, -0.05) is 5.16 Å². The van der Waals surface area contributed by atoms with E-state index < -0.39 is 9.84 Å². The molecule has 1 aromatic carbocycles. The lowest BCUT2D eigenvalue weighted by Gasteiger charge is -2.20. The molecule has 2 heterocycles. The molecular weight excluding hydrogens is 298 g/mol. The van der Waals surface area contributed by atoms with E-state index in [4.69, 9.17) is 19.7 Å². The Bertz CT molecular complexity index is 784. The van der Waals surface area contributed by atoms with Crippen LogP contribution >= 0.6 is 0 Å². The standard InChI is InChI=1S/C12H13N3O5S/c1-21(16,17)10-5-9-8(18-2-3-19-9)4-7(10)12-14-11(6-13)20-15-12/h4-5H,2-3,6,13H2,1H3. The van der Waals surface area contributed by atoms with Gasteiger partial charge in [-0.2, -0.15) is 4.98 Å². The van der Waals surface area contributed by atoms with E-state index in [1.807, 2.05) is 0 Å². The highest BCUT2D eigenvalue weighted by Crippen LogP contribution is 2.38. The number of ether oxygens (including phenoxy) is 2. The number of fused-ring (bicyclic) bond motifs is 1. The number of nitrogens with zero attached hydrogens (tertiary/aromatic N) is 2.